The summed E-state index contributed by atoms with van der Waals surface area (Å²) in [5.41, 5.74) is -0.544. The van der Waals surface area contributed by atoms with Gasteiger partial charge in [0.15, 0.2) is 11.6 Å². The first-order chi connectivity index (χ1) is 13.5. The third-order valence-corrected chi connectivity index (χ3v) is 5.99. The number of cyclic esters (lactones) is 1. The van der Waals surface area contributed by atoms with Crippen LogP contribution in [0.5, 0.6) is 0 Å². The van der Waals surface area contributed by atoms with Gasteiger partial charge in [0.2, 0.25) is 0 Å². The monoisotopic (exact) mass is 407 g/mol. The maximum atomic E-state index is 13.3. The predicted molar refractivity (Wildman–Crippen MR) is 113 cm³/mol. The zero-order valence-corrected chi connectivity index (χ0v) is 18.8. The second-order valence-electron chi connectivity index (χ2n) is 9.31. The zero-order valence-electron chi connectivity index (χ0n) is 18.8. The molecule has 2 atom stereocenters. The normalized spacial score (nSPS) is 29.7. The summed E-state index contributed by atoms with van der Waals surface area (Å²) in [6.07, 6.45) is 3.31. The van der Waals surface area contributed by atoms with Crippen LogP contribution in [0.15, 0.2) is 11.6 Å². The number of rotatable bonds is 4. The van der Waals surface area contributed by atoms with Crippen LogP contribution in [0.4, 0.5) is 4.79 Å². The summed E-state index contributed by atoms with van der Waals surface area (Å²) in [4.78, 5) is 40.3. The fraction of sp³-hybridized carbons (Fsp3) is 0.773. The van der Waals surface area contributed by atoms with Gasteiger partial charge in [-0.05, 0) is 53.0 Å². The molecule has 1 amide bonds. The first-order valence-corrected chi connectivity index (χ1v) is 10.7. The van der Waals surface area contributed by atoms with E-state index >= 15 is 0 Å². The molecule has 164 valence electrons. The Morgan fingerprint density at radius 3 is 2.55 bits per heavy atom. The average molecular weight is 408 g/mol. The van der Waals surface area contributed by atoms with Crippen LogP contribution in [0, 0.1) is 5.92 Å². The smallest absolute Gasteiger partial charge is 0.410 e. The Kier molecular flexibility index (Phi) is 7.62. The maximum absolute atomic E-state index is 13.3. The maximum Gasteiger partial charge on any atom is 0.410 e. The predicted octanol–water partition coefficient (Wildman–Crippen LogP) is 2.45. The van der Waals surface area contributed by atoms with Crippen molar-refractivity contribution < 1.29 is 19.1 Å². The number of nitrogens with one attached hydrogen (secondary N) is 2. The van der Waals surface area contributed by atoms with Gasteiger partial charge in [0.1, 0.15) is 6.61 Å². The number of fused-ring (bicyclic) bond motifs is 2. The van der Waals surface area contributed by atoms with Crippen molar-refractivity contribution in [3.05, 3.63) is 11.6 Å². The van der Waals surface area contributed by atoms with Crippen LogP contribution in [-0.4, -0.2) is 65.9 Å². The molecule has 0 aromatic heterocycles. The molecule has 2 rings (SSSR count). The molecule has 0 aromatic carbocycles. The first kappa shape index (κ1) is 23.5. The van der Waals surface area contributed by atoms with Gasteiger partial charge < -0.3 is 15.0 Å². The van der Waals surface area contributed by atoms with Gasteiger partial charge in [-0.3, -0.25) is 14.9 Å². The molecule has 2 N–H and O–H groups in total. The van der Waals surface area contributed by atoms with Crippen molar-refractivity contribution in [1.29, 1.82) is 0 Å². The summed E-state index contributed by atoms with van der Waals surface area (Å²) >= 11 is 0. The molecule has 2 aliphatic rings. The molecule has 1 saturated heterocycles. The molecule has 2 bridgehead atoms. The van der Waals surface area contributed by atoms with Gasteiger partial charge in [-0.1, -0.05) is 19.4 Å². The Morgan fingerprint density at radius 2 is 1.93 bits per heavy atom. The molecule has 2 aliphatic heterocycles. The molecule has 0 aromatic rings. The van der Waals surface area contributed by atoms with Crippen LogP contribution >= 0.6 is 0 Å². The fourth-order valence-electron chi connectivity index (χ4n) is 4.22. The number of Topliss-reactive ketones (excluding diaryl/α,β-unsaturated/α-hetero) is 2. The van der Waals surface area contributed by atoms with Crippen LogP contribution in [0.3, 0.4) is 0 Å². The molecule has 1 fully saturated rings. The molecule has 0 saturated carbocycles. The molecule has 7 heteroatoms. The Balaban J connectivity index is 2.34. The lowest BCUT2D eigenvalue weighted by molar-refractivity contribution is -0.129. The summed E-state index contributed by atoms with van der Waals surface area (Å²) in [6.45, 7) is 12.6. The third-order valence-electron chi connectivity index (χ3n) is 5.99. The largest absolute Gasteiger partial charge is 0.445 e. The molecule has 0 radical (unpaired) electrons. The van der Waals surface area contributed by atoms with Crippen LogP contribution in [0.25, 0.3) is 0 Å². The van der Waals surface area contributed by atoms with Crippen molar-refractivity contribution in [3.8, 4) is 0 Å². The summed E-state index contributed by atoms with van der Waals surface area (Å²) in [5.74, 6) is -0.0411. The first-order valence-electron chi connectivity index (χ1n) is 10.7. The van der Waals surface area contributed by atoms with E-state index in [1.54, 1.807) is 4.90 Å². The lowest BCUT2D eigenvalue weighted by atomic mass is 9.83. The van der Waals surface area contributed by atoms with Crippen molar-refractivity contribution in [3.63, 3.8) is 0 Å². The highest BCUT2D eigenvalue weighted by atomic mass is 16.6. The minimum absolute atomic E-state index is 0.0198. The van der Waals surface area contributed by atoms with Crippen LogP contribution in [0.2, 0.25) is 0 Å². The summed E-state index contributed by atoms with van der Waals surface area (Å²) in [6, 6.07) is 0.0862. The second-order valence-corrected chi connectivity index (χ2v) is 9.31. The summed E-state index contributed by atoms with van der Waals surface area (Å²) < 4.78 is 5.40. The second kappa shape index (κ2) is 9.39. The zero-order chi connectivity index (χ0) is 21.8. The van der Waals surface area contributed by atoms with Crippen molar-refractivity contribution in [2.75, 3.05) is 26.2 Å². The van der Waals surface area contributed by atoms with Gasteiger partial charge in [-0.15, -0.1) is 0 Å². The Bertz CT molecular complexity index is 673. The highest BCUT2D eigenvalue weighted by Crippen LogP contribution is 2.26. The Morgan fingerprint density at radius 1 is 1.24 bits per heavy atom. The molecule has 0 aliphatic carbocycles. The van der Waals surface area contributed by atoms with E-state index in [-0.39, 0.29) is 49.3 Å². The molecule has 7 nitrogen and oxygen atoms in total. The number of ketones is 2. The quantitative estimate of drug-likeness (QED) is 0.696. The van der Waals surface area contributed by atoms with E-state index in [1.165, 1.54) is 0 Å². The van der Waals surface area contributed by atoms with Gasteiger partial charge in [-0.2, -0.15) is 0 Å². The third kappa shape index (κ3) is 5.66. The number of nitrogens with zero attached hydrogens (tertiary/aromatic N) is 1. The molecule has 29 heavy (non-hydrogen) atoms. The Labute approximate surface area is 174 Å². The van der Waals surface area contributed by atoms with Gasteiger partial charge in [0, 0.05) is 25.0 Å². The van der Waals surface area contributed by atoms with Gasteiger partial charge >= 0.3 is 6.09 Å². The number of carbonyl (C=O) groups excluding carboxylic acids is 3. The van der Waals surface area contributed by atoms with Gasteiger partial charge in [0.25, 0.3) is 0 Å². The molecule has 0 spiro atoms. The van der Waals surface area contributed by atoms with Crippen LogP contribution in [0.1, 0.15) is 60.8 Å². The summed E-state index contributed by atoms with van der Waals surface area (Å²) in [5, 5.41) is 6.68. The molecule has 2 heterocycles. The van der Waals surface area contributed by atoms with Crippen molar-refractivity contribution in [2.45, 2.75) is 77.9 Å². The minimum atomic E-state index is -0.822. The average Bonchev–Trinajstić information content (AvgIpc) is 3.07. The lowest BCUT2D eigenvalue weighted by Gasteiger charge is -2.35. The fourth-order valence-corrected chi connectivity index (χ4v) is 4.22. The molecular weight excluding hydrogens is 370 g/mol. The minimum Gasteiger partial charge on any atom is -0.445 e. The standard InChI is InChI=1S/C22H37N3O4/c1-15(2)19(27)21(6)9-7-17(5)8-12-29-20(28)25-11-10-22(14-25,24-16(3)4)18(26)13-23-21/h8,15-16,23-24H,7,9-14H2,1-6H3/t21-,22-/m0/s1. The van der Waals surface area contributed by atoms with Gasteiger partial charge in [0.05, 0.1) is 17.6 Å². The SMILES string of the molecule is CC1=CCOC(=O)N2CC[C@](NC(C)C)(C2)C(=O)CN[C@](C)(C(=O)C(C)C)CC1. The highest BCUT2D eigenvalue weighted by Gasteiger charge is 2.47. The number of ether oxygens (including phenoxy) is 1. The van der Waals surface area contributed by atoms with E-state index in [1.807, 2.05) is 47.6 Å². The summed E-state index contributed by atoms with van der Waals surface area (Å²) in [7, 11) is 0. The molecular formula is C22H37N3O4. The number of hydrogen-bond acceptors (Lipinski definition) is 6. The number of allylic oxidation sites excluding steroid dienone is 1. The van der Waals surface area contributed by atoms with Crippen molar-refractivity contribution in [2.24, 2.45) is 5.92 Å². The van der Waals surface area contributed by atoms with Gasteiger partial charge in [-0.25, -0.2) is 4.79 Å². The van der Waals surface area contributed by atoms with E-state index < -0.39 is 11.1 Å². The lowest BCUT2D eigenvalue weighted by Crippen LogP contribution is -2.61. The van der Waals surface area contributed by atoms with E-state index in [0.29, 0.717) is 25.8 Å². The Hall–Kier alpha value is -1.73. The van der Waals surface area contributed by atoms with E-state index in [9.17, 15) is 14.4 Å². The van der Waals surface area contributed by atoms with E-state index in [0.717, 1.165) is 5.57 Å². The van der Waals surface area contributed by atoms with E-state index in [2.05, 4.69) is 10.6 Å². The van der Waals surface area contributed by atoms with Crippen LogP contribution < -0.4 is 10.6 Å². The van der Waals surface area contributed by atoms with Crippen molar-refractivity contribution in [1.82, 2.24) is 15.5 Å². The number of hydrogen-bond donors (Lipinski definition) is 2. The van der Waals surface area contributed by atoms with Crippen molar-refractivity contribution >= 4 is 17.7 Å². The topological polar surface area (TPSA) is 87.7 Å². The van der Waals surface area contributed by atoms with Crippen LogP contribution in [-0.2, 0) is 14.3 Å². The molecule has 0 unspecified atom stereocenters. The number of amides is 1. The number of carbonyl (C=O) groups is 3. The van der Waals surface area contributed by atoms with E-state index in [4.69, 9.17) is 4.74 Å². The highest BCUT2D eigenvalue weighted by molar-refractivity contribution is 5.94.